The molecule has 1 fully saturated rings. The lowest BCUT2D eigenvalue weighted by molar-refractivity contribution is 0.00578. The summed E-state index contributed by atoms with van der Waals surface area (Å²) in [4.78, 5) is 0. The minimum Gasteiger partial charge on any atom is -0.497 e. The lowest BCUT2D eigenvalue weighted by atomic mass is 9.81. The molecule has 1 aliphatic heterocycles. The van der Waals surface area contributed by atoms with E-state index in [9.17, 15) is 0 Å². The molecule has 2 aromatic carbocycles. The van der Waals surface area contributed by atoms with Crippen LogP contribution in [0.25, 0.3) is 5.57 Å². The van der Waals surface area contributed by atoms with E-state index in [0.29, 0.717) is 29.1 Å². The molecule has 0 aromatic heterocycles. The van der Waals surface area contributed by atoms with Gasteiger partial charge in [0.2, 0.25) is 0 Å². The molecule has 1 aliphatic rings. The van der Waals surface area contributed by atoms with Crippen LogP contribution in [-0.4, -0.2) is 39.1 Å². The third-order valence-corrected chi connectivity index (χ3v) is 5.81. The zero-order valence-electron chi connectivity index (χ0n) is 19.0. The molecule has 31 heavy (non-hydrogen) atoms. The van der Waals surface area contributed by atoms with E-state index in [1.807, 2.05) is 58.0 Å². The number of rotatable bonds is 8. The van der Waals surface area contributed by atoms with Crippen LogP contribution in [-0.2, 0) is 9.31 Å². The summed E-state index contributed by atoms with van der Waals surface area (Å²) in [6.07, 6.45) is 0.307. The average molecular weight is 428 g/mol. The number of para-hydroxylation sites is 1. The van der Waals surface area contributed by atoms with E-state index in [2.05, 4.69) is 0 Å². The third kappa shape index (κ3) is 5.22. The van der Waals surface area contributed by atoms with E-state index >= 15 is 4.39 Å². The van der Waals surface area contributed by atoms with Crippen molar-refractivity contribution in [3.05, 3.63) is 59.8 Å². The fourth-order valence-corrected chi connectivity index (χ4v) is 3.26. The van der Waals surface area contributed by atoms with E-state index in [4.69, 9.17) is 23.5 Å². The minimum atomic E-state index is -1.10. The predicted molar refractivity (Wildman–Crippen MR) is 120 cm³/mol. The molecular formula is C24H30BFO5. The lowest BCUT2D eigenvalue weighted by Crippen LogP contribution is -2.41. The van der Waals surface area contributed by atoms with Gasteiger partial charge in [-0.25, -0.2) is 4.39 Å². The summed E-state index contributed by atoms with van der Waals surface area (Å²) in [6.45, 7) is 7.87. The molecule has 0 amide bonds. The Balaban J connectivity index is 1.95. The Labute approximate surface area is 184 Å². The summed E-state index contributed by atoms with van der Waals surface area (Å²) in [5, 5.41) is 0. The van der Waals surface area contributed by atoms with Crippen molar-refractivity contribution in [1.29, 1.82) is 0 Å². The van der Waals surface area contributed by atoms with Gasteiger partial charge >= 0.3 is 7.12 Å². The smallest absolute Gasteiger partial charge is 0.497 e. The van der Waals surface area contributed by atoms with Crippen molar-refractivity contribution in [2.45, 2.75) is 45.3 Å². The highest BCUT2D eigenvalue weighted by Gasteiger charge is 2.53. The van der Waals surface area contributed by atoms with Gasteiger partial charge in [0, 0.05) is 12.5 Å². The zero-order valence-corrected chi connectivity index (χ0v) is 19.0. The molecule has 166 valence electrons. The van der Waals surface area contributed by atoms with Gasteiger partial charge in [-0.2, -0.15) is 0 Å². The first kappa shape index (κ1) is 23.2. The van der Waals surface area contributed by atoms with Crippen LogP contribution in [0.2, 0.25) is 0 Å². The van der Waals surface area contributed by atoms with E-state index in [1.165, 1.54) is 0 Å². The second-order valence-corrected chi connectivity index (χ2v) is 8.43. The molecule has 0 bridgehead atoms. The van der Waals surface area contributed by atoms with E-state index < -0.39 is 24.0 Å². The van der Waals surface area contributed by atoms with Crippen molar-refractivity contribution >= 4 is 12.7 Å². The summed E-state index contributed by atoms with van der Waals surface area (Å²) in [5.41, 5.74) is -0.725. The molecular weight excluding hydrogens is 398 g/mol. The standard InChI is InChI=1S/C24H30BFO5/c1-23(2)24(3,4)31-25(30-23)22(26)21(12-13-29-18-10-8-7-9-11-18)17-14-19(27-5)16-20(15-17)28-6/h7-11,14-16H,12-13H2,1-6H3. The number of halogens is 1. The SMILES string of the molecule is COc1cc(OC)cc(C(CCOc2ccccc2)=C(F)B2OC(C)(C)C(C)(C)O2)c1. The number of methoxy groups -OCH3 is 2. The zero-order chi connectivity index (χ0) is 22.6. The van der Waals surface area contributed by atoms with Crippen LogP contribution in [0.4, 0.5) is 4.39 Å². The molecule has 0 saturated carbocycles. The molecule has 1 saturated heterocycles. The van der Waals surface area contributed by atoms with Crippen molar-refractivity contribution in [1.82, 2.24) is 0 Å². The maximum atomic E-state index is 15.8. The first-order valence-corrected chi connectivity index (χ1v) is 10.3. The van der Waals surface area contributed by atoms with E-state index in [1.54, 1.807) is 32.4 Å². The fourth-order valence-electron chi connectivity index (χ4n) is 3.26. The van der Waals surface area contributed by atoms with Gasteiger partial charge in [0.1, 0.15) is 23.0 Å². The van der Waals surface area contributed by atoms with Crippen LogP contribution in [0.15, 0.2) is 54.3 Å². The molecule has 0 unspecified atom stereocenters. The molecule has 2 aromatic rings. The van der Waals surface area contributed by atoms with Crippen LogP contribution < -0.4 is 14.2 Å². The molecule has 0 aliphatic carbocycles. The molecule has 3 rings (SSSR count). The van der Waals surface area contributed by atoms with Gasteiger partial charge in [0.15, 0.2) is 0 Å². The van der Waals surface area contributed by atoms with Gasteiger partial charge in [-0.05, 0) is 63.1 Å². The Hall–Kier alpha value is -2.51. The number of hydrogen-bond donors (Lipinski definition) is 0. The number of hydrogen-bond acceptors (Lipinski definition) is 5. The Morgan fingerprint density at radius 3 is 1.94 bits per heavy atom. The van der Waals surface area contributed by atoms with Gasteiger partial charge in [-0.1, -0.05) is 18.2 Å². The number of ether oxygens (including phenoxy) is 3. The molecule has 0 atom stereocenters. The molecule has 0 N–H and O–H groups in total. The summed E-state index contributed by atoms with van der Waals surface area (Å²) in [5.74, 6) is 1.86. The van der Waals surface area contributed by atoms with Crippen molar-refractivity contribution in [3.8, 4) is 17.2 Å². The third-order valence-electron chi connectivity index (χ3n) is 5.81. The predicted octanol–water partition coefficient (Wildman–Crippen LogP) is 5.48. The largest absolute Gasteiger partial charge is 0.525 e. The highest BCUT2D eigenvalue weighted by Crippen LogP contribution is 2.41. The van der Waals surface area contributed by atoms with Crippen molar-refractivity contribution in [2.24, 2.45) is 0 Å². The summed E-state index contributed by atoms with van der Waals surface area (Å²) < 4.78 is 44.3. The quantitative estimate of drug-likeness (QED) is 0.521. The monoisotopic (exact) mass is 428 g/mol. The molecule has 0 spiro atoms. The van der Waals surface area contributed by atoms with E-state index in [-0.39, 0.29) is 6.61 Å². The first-order valence-electron chi connectivity index (χ1n) is 10.3. The Kier molecular flexibility index (Phi) is 6.97. The van der Waals surface area contributed by atoms with Gasteiger partial charge in [-0.15, -0.1) is 0 Å². The normalized spacial score (nSPS) is 17.8. The van der Waals surface area contributed by atoms with Crippen molar-refractivity contribution < 1.29 is 27.9 Å². The van der Waals surface area contributed by atoms with Crippen LogP contribution in [0, 0.1) is 0 Å². The first-order chi connectivity index (χ1) is 14.7. The second-order valence-electron chi connectivity index (χ2n) is 8.43. The fraction of sp³-hybridized carbons (Fsp3) is 0.417. The lowest BCUT2D eigenvalue weighted by Gasteiger charge is -2.32. The van der Waals surface area contributed by atoms with Crippen LogP contribution >= 0.6 is 0 Å². The molecule has 0 radical (unpaired) electrons. The van der Waals surface area contributed by atoms with Crippen molar-refractivity contribution in [2.75, 3.05) is 20.8 Å². The highest BCUT2D eigenvalue weighted by molar-refractivity contribution is 6.55. The van der Waals surface area contributed by atoms with Crippen LogP contribution in [0.3, 0.4) is 0 Å². The van der Waals surface area contributed by atoms with Crippen LogP contribution in [0.1, 0.15) is 39.7 Å². The Bertz CT molecular complexity index is 889. The summed E-state index contributed by atoms with van der Waals surface area (Å²) >= 11 is 0. The van der Waals surface area contributed by atoms with E-state index in [0.717, 1.165) is 5.75 Å². The van der Waals surface area contributed by atoms with Crippen LogP contribution in [0.5, 0.6) is 17.2 Å². The average Bonchev–Trinajstić information content (AvgIpc) is 2.98. The second kappa shape index (κ2) is 9.33. The summed E-state index contributed by atoms with van der Waals surface area (Å²) in [7, 11) is 2.02. The van der Waals surface area contributed by atoms with Gasteiger partial charge in [0.05, 0.1) is 32.0 Å². The van der Waals surface area contributed by atoms with Gasteiger partial charge < -0.3 is 23.5 Å². The minimum absolute atomic E-state index is 0.284. The maximum Gasteiger partial charge on any atom is 0.525 e. The van der Waals surface area contributed by atoms with Gasteiger partial charge in [-0.3, -0.25) is 0 Å². The summed E-state index contributed by atoms with van der Waals surface area (Å²) in [6, 6.07) is 14.7. The number of benzene rings is 2. The molecule has 1 heterocycles. The Morgan fingerprint density at radius 2 is 1.42 bits per heavy atom. The Morgan fingerprint density at radius 1 is 0.871 bits per heavy atom. The van der Waals surface area contributed by atoms with Gasteiger partial charge in [0.25, 0.3) is 0 Å². The maximum absolute atomic E-state index is 15.8. The van der Waals surface area contributed by atoms with Crippen molar-refractivity contribution in [3.63, 3.8) is 0 Å². The topological polar surface area (TPSA) is 46.2 Å². The molecule has 5 nitrogen and oxygen atoms in total. The molecule has 7 heteroatoms. The highest BCUT2D eigenvalue weighted by atomic mass is 19.1.